The van der Waals surface area contributed by atoms with Gasteiger partial charge in [-0.15, -0.1) is 0 Å². The molecule has 0 aliphatic carbocycles. The Morgan fingerprint density at radius 3 is 2.74 bits per heavy atom. The van der Waals surface area contributed by atoms with Crippen LogP contribution in [0.1, 0.15) is 27.2 Å². The number of pyridine rings is 2. The number of imidazole rings is 1. The Bertz CT molecular complexity index is 1300. The molecule has 1 N–H and O–H groups in total. The molecule has 4 rings (SSSR count). The van der Waals surface area contributed by atoms with Crippen LogP contribution in [-0.2, 0) is 13.2 Å². The Kier molecular flexibility index (Phi) is 6.67. The van der Waals surface area contributed by atoms with Crippen molar-refractivity contribution >= 4 is 11.6 Å². The number of alkyl halides is 3. The zero-order valence-electron chi connectivity index (χ0n) is 18.2. The van der Waals surface area contributed by atoms with Gasteiger partial charge in [0.2, 0.25) is 5.88 Å². The number of hydrogen-bond donors (Lipinski definition) is 1. The predicted octanol–water partition coefficient (Wildman–Crippen LogP) is 4.49. The number of aromatic nitrogens is 3. The summed E-state index contributed by atoms with van der Waals surface area (Å²) in [4.78, 5) is 21.1. The van der Waals surface area contributed by atoms with E-state index in [9.17, 15) is 18.0 Å². The average molecular weight is 470 g/mol. The lowest BCUT2D eigenvalue weighted by Gasteiger charge is -2.12. The summed E-state index contributed by atoms with van der Waals surface area (Å²) in [5.41, 5.74) is 3.45. The molecule has 34 heavy (non-hydrogen) atoms. The second-order valence-corrected chi connectivity index (χ2v) is 7.53. The van der Waals surface area contributed by atoms with Gasteiger partial charge in [0, 0.05) is 31.2 Å². The smallest absolute Gasteiger partial charge is 0.422 e. The van der Waals surface area contributed by atoms with Gasteiger partial charge in [-0.2, -0.15) is 13.2 Å². The lowest BCUT2D eigenvalue weighted by atomic mass is 10.2. The first-order chi connectivity index (χ1) is 16.3. The van der Waals surface area contributed by atoms with Crippen LogP contribution in [0.5, 0.6) is 11.6 Å². The molecule has 0 radical (unpaired) electrons. The van der Waals surface area contributed by atoms with Crippen molar-refractivity contribution in [2.24, 2.45) is 0 Å². The quantitative estimate of drug-likeness (QED) is 0.411. The summed E-state index contributed by atoms with van der Waals surface area (Å²) in [5.74, 6) is -0.177. The van der Waals surface area contributed by atoms with E-state index in [4.69, 9.17) is 4.74 Å². The van der Waals surface area contributed by atoms with E-state index in [0.29, 0.717) is 22.6 Å². The minimum Gasteiger partial charge on any atom is -0.486 e. The van der Waals surface area contributed by atoms with Crippen LogP contribution in [-0.4, -0.2) is 33.1 Å². The summed E-state index contributed by atoms with van der Waals surface area (Å²) in [6, 6.07) is 13.6. The molecule has 0 spiro atoms. The van der Waals surface area contributed by atoms with E-state index in [1.807, 2.05) is 35.9 Å². The van der Waals surface area contributed by atoms with Crippen molar-refractivity contribution in [2.45, 2.75) is 26.3 Å². The van der Waals surface area contributed by atoms with Gasteiger partial charge in [0.15, 0.2) is 6.61 Å². The number of ether oxygens (including phenoxy) is 2. The first kappa shape index (κ1) is 23.1. The third kappa shape index (κ3) is 5.83. The predicted molar refractivity (Wildman–Crippen MR) is 118 cm³/mol. The zero-order chi connectivity index (χ0) is 24.1. The fraction of sp³-hybridized carbons (Fsp3) is 0.208. The summed E-state index contributed by atoms with van der Waals surface area (Å²) in [6.45, 7) is 0.784. The van der Waals surface area contributed by atoms with Crippen molar-refractivity contribution in [3.05, 3.63) is 89.5 Å². The molecule has 0 fully saturated rings. The fourth-order valence-corrected chi connectivity index (χ4v) is 3.28. The van der Waals surface area contributed by atoms with E-state index in [1.54, 1.807) is 30.3 Å². The molecule has 1 aromatic carbocycles. The number of benzene rings is 1. The molecule has 4 aromatic rings. The standard InChI is InChI=1S/C24H21F3N4O3/c1-16-5-4-10-31-13-18(30-22(16)31)14-33-20-7-3-2-6-19(20)23(32)29-12-17-8-9-28-21(11-17)34-15-24(25,26)27/h2-11,13H,12,14-15H2,1H3,(H,29,32). The second-order valence-electron chi connectivity index (χ2n) is 7.53. The van der Waals surface area contributed by atoms with Crippen LogP contribution in [0.2, 0.25) is 0 Å². The number of carbonyl (C=O) groups is 1. The summed E-state index contributed by atoms with van der Waals surface area (Å²) in [7, 11) is 0. The first-order valence-corrected chi connectivity index (χ1v) is 10.4. The van der Waals surface area contributed by atoms with Crippen molar-refractivity contribution < 1.29 is 27.4 Å². The number of aryl methyl sites for hydroxylation is 1. The van der Waals surface area contributed by atoms with Gasteiger partial charge in [0.05, 0.1) is 11.3 Å². The van der Waals surface area contributed by atoms with E-state index in [2.05, 4.69) is 20.0 Å². The van der Waals surface area contributed by atoms with Crippen molar-refractivity contribution in [1.29, 1.82) is 0 Å². The van der Waals surface area contributed by atoms with E-state index in [0.717, 1.165) is 11.2 Å². The normalized spacial score (nSPS) is 11.4. The van der Waals surface area contributed by atoms with Crippen LogP contribution in [0.25, 0.3) is 5.65 Å². The molecule has 7 nitrogen and oxygen atoms in total. The Balaban J connectivity index is 1.39. The molecular formula is C24H21F3N4O3. The topological polar surface area (TPSA) is 77.8 Å². The number of halogens is 3. The number of para-hydroxylation sites is 1. The Hall–Kier alpha value is -4.08. The van der Waals surface area contributed by atoms with Crippen LogP contribution in [0.3, 0.4) is 0 Å². The second kappa shape index (κ2) is 9.82. The van der Waals surface area contributed by atoms with Gasteiger partial charge >= 0.3 is 6.18 Å². The zero-order valence-corrected chi connectivity index (χ0v) is 18.2. The maximum absolute atomic E-state index is 12.8. The minimum absolute atomic E-state index is 0.0732. The maximum Gasteiger partial charge on any atom is 0.422 e. The highest BCUT2D eigenvalue weighted by atomic mass is 19.4. The van der Waals surface area contributed by atoms with Gasteiger partial charge < -0.3 is 19.2 Å². The molecule has 3 aromatic heterocycles. The van der Waals surface area contributed by atoms with Crippen LogP contribution < -0.4 is 14.8 Å². The summed E-state index contributed by atoms with van der Waals surface area (Å²) in [6.07, 6.45) is 0.629. The Labute approximate surface area is 193 Å². The molecule has 3 heterocycles. The van der Waals surface area contributed by atoms with Gasteiger partial charge in [-0.1, -0.05) is 18.2 Å². The molecule has 0 bridgehead atoms. The van der Waals surface area contributed by atoms with E-state index in [-0.39, 0.29) is 19.0 Å². The number of nitrogens with one attached hydrogen (secondary N) is 1. The van der Waals surface area contributed by atoms with Crippen LogP contribution in [0, 0.1) is 6.92 Å². The number of rotatable bonds is 8. The monoisotopic (exact) mass is 470 g/mol. The van der Waals surface area contributed by atoms with Gasteiger partial charge in [0.25, 0.3) is 5.91 Å². The van der Waals surface area contributed by atoms with Crippen molar-refractivity contribution in [1.82, 2.24) is 19.7 Å². The van der Waals surface area contributed by atoms with Crippen molar-refractivity contribution in [2.75, 3.05) is 6.61 Å². The molecule has 0 atom stereocenters. The van der Waals surface area contributed by atoms with Gasteiger partial charge in [-0.05, 0) is 42.3 Å². The summed E-state index contributed by atoms with van der Waals surface area (Å²) < 4.78 is 49.4. The van der Waals surface area contributed by atoms with E-state index >= 15 is 0 Å². The minimum atomic E-state index is -4.46. The number of carbonyl (C=O) groups excluding carboxylic acids is 1. The highest BCUT2D eigenvalue weighted by Gasteiger charge is 2.28. The molecule has 0 saturated carbocycles. The van der Waals surface area contributed by atoms with Gasteiger partial charge in [0.1, 0.15) is 18.0 Å². The van der Waals surface area contributed by atoms with Crippen LogP contribution in [0.15, 0.2) is 67.1 Å². The van der Waals surface area contributed by atoms with Crippen LogP contribution in [0.4, 0.5) is 13.2 Å². The summed E-state index contributed by atoms with van der Waals surface area (Å²) >= 11 is 0. The third-order valence-electron chi connectivity index (χ3n) is 4.87. The third-order valence-corrected chi connectivity index (χ3v) is 4.87. The molecule has 0 aliphatic heterocycles. The molecule has 0 aliphatic rings. The lowest BCUT2D eigenvalue weighted by Crippen LogP contribution is -2.23. The largest absolute Gasteiger partial charge is 0.486 e. The highest BCUT2D eigenvalue weighted by Crippen LogP contribution is 2.21. The lowest BCUT2D eigenvalue weighted by molar-refractivity contribution is -0.154. The van der Waals surface area contributed by atoms with Crippen molar-refractivity contribution in [3.63, 3.8) is 0 Å². The Morgan fingerprint density at radius 2 is 1.94 bits per heavy atom. The van der Waals surface area contributed by atoms with E-state index in [1.165, 1.54) is 12.3 Å². The maximum atomic E-state index is 12.8. The molecule has 176 valence electrons. The average Bonchev–Trinajstić information content (AvgIpc) is 3.24. The number of hydrogen-bond acceptors (Lipinski definition) is 5. The fourth-order valence-electron chi connectivity index (χ4n) is 3.28. The number of nitrogens with zero attached hydrogens (tertiary/aromatic N) is 3. The highest BCUT2D eigenvalue weighted by molar-refractivity contribution is 5.96. The first-order valence-electron chi connectivity index (χ1n) is 10.4. The van der Waals surface area contributed by atoms with Crippen molar-refractivity contribution in [3.8, 4) is 11.6 Å². The summed E-state index contributed by atoms with van der Waals surface area (Å²) in [5, 5.41) is 2.74. The van der Waals surface area contributed by atoms with E-state index < -0.39 is 18.7 Å². The van der Waals surface area contributed by atoms with Gasteiger partial charge in [-0.25, -0.2) is 9.97 Å². The molecule has 1 amide bonds. The number of amides is 1. The van der Waals surface area contributed by atoms with Crippen LogP contribution >= 0.6 is 0 Å². The molecule has 0 unspecified atom stereocenters. The molecule has 10 heteroatoms. The molecular weight excluding hydrogens is 449 g/mol. The number of fused-ring (bicyclic) bond motifs is 1. The molecule has 0 saturated heterocycles. The SMILES string of the molecule is Cc1cccn2cc(COc3ccccc3C(=O)NCc3ccnc(OCC(F)(F)F)c3)nc12. The Morgan fingerprint density at radius 1 is 1.12 bits per heavy atom. The van der Waals surface area contributed by atoms with Gasteiger partial charge in [-0.3, -0.25) is 4.79 Å².